The molecular formula is C13H14N2O2S. The van der Waals surface area contributed by atoms with Gasteiger partial charge in [0.1, 0.15) is 5.75 Å². The number of rotatable bonds is 4. The largest absolute Gasteiger partial charge is 0.495 e. The standard InChI is InChI=1S/C13H14N2O2S/c1-9(11-3-5-14-7-12(11)17-2)15-13(16)10-4-6-18-8-10/h3-9H,1-2H3,(H,15,16)/t9-/m1/s1. The molecule has 0 bridgehead atoms. The number of pyridine rings is 1. The first-order chi connectivity index (χ1) is 8.72. The van der Waals surface area contributed by atoms with Crippen LogP contribution in [0.25, 0.3) is 0 Å². The molecule has 2 aromatic rings. The van der Waals surface area contributed by atoms with Gasteiger partial charge in [-0.05, 0) is 24.4 Å². The van der Waals surface area contributed by atoms with Gasteiger partial charge in [-0.2, -0.15) is 11.3 Å². The van der Waals surface area contributed by atoms with Crippen LogP contribution in [-0.4, -0.2) is 18.0 Å². The zero-order chi connectivity index (χ0) is 13.0. The van der Waals surface area contributed by atoms with E-state index in [1.165, 1.54) is 11.3 Å². The van der Waals surface area contributed by atoms with Gasteiger partial charge in [-0.25, -0.2) is 0 Å². The fourth-order valence-corrected chi connectivity index (χ4v) is 2.31. The average molecular weight is 262 g/mol. The first-order valence-corrected chi connectivity index (χ1v) is 6.47. The van der Waals surface area contributed by atoms with Crippen molar-refractivity contribution in [3.63, 3.8) is 0 Å². The minimum atomic E-state index is -0.129. The normalized spacial score (nSPS) is 11.9. The van der Waals surface area contributed by atoms with E-state index in [2.05, 4.69) is 10.3 Å². The Hall–Kier alpha value is -1.88. The number of carbonyl (C=O) groups is 1. The molecule has 0 spiro atoms. The van der Waals surface area contributed by atoms with Gasteiger partial charge >= 0.3 is 0 Å². The van der Waals surface area contributed by atoms with E-state index in [0.717, 1.165) is 5.56 Å². The number of methoxy groups -OCH3 is 1. The van der Waals surface area contributed by atoms with Gasteiger partial charge in [0.15, 0.2) is 0 Å². The maximum atomic E-state index is 11.9. The Kier molecular flexibility index (Phi) is 3.94. The lowest BCUT2D eigenvalue weighted by Gasteiger charge is -2.16. The summed E-state index contributed by atoms with van der Waals surface area (Å²) in [7, 11) is 1.59. The summed E-state index contributed by atoms with van der Waals surface area (Å²) >= 11 is 1.50. The SMILES string of the molecule is COc1cnccc1[C@@H](C)NC(=O)c1ccsc1. The topological polar surface area (TPSA) is 51.2 Å². The summed E-state index contributed by atoms with van der Waals surface area (Å²) in [6.07, 6.45) is 3.33. The van der Waals surface area contributed by atoms with Crippen molar-refractivity contribution in [1.82, 2.24) is 10.3 Å². The van der Waals surface area contributed by atoms with Crippen LogP contribution in [0.15, 0.2) is 35.3 Å². The molecule has 0 aliphatic carbocycles. The highest BCUT2D eigenvalue weighted by atomic mass is 32.1. The molecule has 0 aliphatic heterocycles. The molecule has 0 saturated heterocycles. The number of amides is 1. The van der Waals surface area contributed by atoms with Crippen LogP contribution < -0.4 is 10.1 Å². The van der Waals surface area contributed by atoms with Crippen LogP contribution in [0.4, 0.5) is 0 Å². The molecule has 0 aromatic carbocycles. The number of hydrogen-bond donors (Lipinski definition) is 1. The van der Waals surface area contributed by atoms with Crippen molar-refractivity contribution < 1.29 is 9.53 Å². The smallest absolute Gasteiger partial charge is 0.252 e. The molecule has 4 nitrogen and oxygen atoms in total. The van der Waals surface area contributed by atoms with Crippen molar-refractivity contribution in [1.29, 1.82) is 0 Å². The first kappa shape index (κ1) is 12.6. The maximum absolute atomic E-state index is 11.9. The third-order valence-electron chi connectivity index (χ3n) is 2.63. The third kappa shape index (κ3) is 2.68. The number of ether oxygens (including phenoxy) is 1. The van der Waals surface area contributed by atoms with Crippen molar-refractivity contribution in [2.24, 2.45) is 0 Å². The number of thiophene rings is 1. The molecule has 0 saturated carbocycles. The highest BCUT2D eigenvalue weighted by Crippen LogP contribution is 2.23. The molecule has 1 amide bonds. The fraction of sp³-hybridized carbons (Fsp3) is 0.231. The Balaban J connectivity index is 2.12. The van der Waals surface area contributed by atoms with E-state index in [9.17, 15) is 4.79 Å². The molecule has 2 heterocycles. The average Bonchev–Trinajstić information content (AvgIpc) is 2.92. The molecule has 94 valence electrons. The lowest BCUT2D eigenvalue weighted by Crippen LogP contribution is -2.26. The van der Waals surface area contributed by atoms with Gasteiger partial charge in [-0.3, -0.25) is 9.78 Å². The van der Waals surface area contributed by atoms with E-state index in [1.54, 1.807) is 25.6 Å². The van der Waals surface area contributed by atoms with Crippen molar-refractivity contribution in [3.05, 3.63) is 46.4 Å². The van der Waals surface area contributed by atoms with Crippen molar-refractivity contribution in [3.8, 4) is 5.75 Å². The number of aromatic nitrogens is 1. The summed E-state index contributed by atoms with van der Waals surface area (Å²) in [6, 6.07) is 3.52. The molecule has 2 rings (SSSR count). The van der Waals surface area contributed by atoms with Crippen molar-refractivity contribution in [2.75, 3.05) is 7.11 Å². The zero-order valence-corrected chi connectivity index (χ0v) is 11.0. The molecule has 0 unspecified atom stereocenters. The Morgan fingerprint density at radius 3 is 3.00 bits per heavy atom. The van der Waals surface area contributed by atoms with Crippen LogP contribution >= 0.6 is 11.3 Å². The second-order valence-electron chi connectivity index (χ2n) is 3.82. The van der Waals surface area contributed by atoms with Gasteiger partial charge in [0, 0.05) is 17.1 Å². The molecule has 1 N–H and O–H groups in total. The molecule has 1 atom stereocenters. The minimum absolute atomic E-state index is 0.0809. The third-order valence-corrected chi connectivity index (χ3v) is 3.32. The summed E-state index contributed by atoms with van der Waals surface area (Å²) in [6.45, 7) is 1.92. The van der Waals surface area contributed by atoms with Crippen LogP contribution in [0.1, 0.15) is 28.9 Å². The highest BCUT2D eigenvalue weighted by molar-refractivity contribution is 7.08. The molecule has 5 heteroatoms. The molecular weight excluding hydrogens is 248 g/mol. The van der Waals surface area contributed by atoms with E-state index in [-0.39, 0.29) is 11.9 Å². The van der Waals surface area contributed by atoms with Crippen molar-refractivity contribution in [2.45, 2.75) is 13.0 Å². The van der Waals surface area contributed by atoms with E-state index in [1.807, 2.05) is 23.8 Å². The van der Waals surface area contributed by atoms with E-state index < -0.39 is 0 Å². The Bertz CT molecular complexity index is 526. The van der Waals surface area contributed by atoms with Gasteiger partial charge in [0.25, 0.3) is 5.91 Å². The van der Waals surface area contributed by atoms with Gasteiger partial charge in [-0.15, -0.1) is 0 Å². The number of nitrogens with one attached hydrogen (secondary N) is 1. The minimum Gasteiger partial charge on any atom is -0.495 e. The van der Waals surface area contributed by atoms with Crippen LogP contribution in [0.3, 0.4) is 0 Å². The molecule has 0 fully saturated rings. The Morgan fingerprint density at radius 2 is 2.33 bits per heavy atom. The predicted octanol–water partition coefficient (Wildman–Crippen LogP) is 2.64. The van der Waals surface area contributed by atoms with Gasteiger partial charge < -0.3 is 10.1 Å². The number of nitrogens with zero attached hydrogens (tertiary/aromatic N) is 1. The van der Waals surface area contributed by atoms with Gasteiger partial charge in [0.05, 0.1) is 24.9 Å². The second-order valence-corrected chi connectivity index (χ2v) is 4.60. The summed E-state index contributed by atoms with van der Waals surface area (Å²) < 4.78 is 5.23. The molecule has 0 radical (unpaired) electrons. The monoisotopic (exact) mass is 262 g/mol. The Morgan fingerprint density at radius 1 is 1.50 bits per heavy atom. The van der Waals surface area contributed by atoms with E-state index in [4.69, 9.17) is 4.74 Å². The van der Waals surface area contributed by atoms with E-state index in [0.29, 0.717) is 11.3 Å². The molecule has 2 aromatic heterocycles. The molecule has 18 heavy (non-hydrogen) atoms. The predicted molar refractivity (Wildman–Crippen MR) is 71.0 cm³/mol. The van der Waals surface area contributed by atoms with Gasteiger partial charge in [-0.1, -0.05) is 0 Å². The molecule has 0 aliphatic rings. The summed E-state index contributed by atoms with van der Waals surface area (Å²) in [5.74, 6) is 0.596. The zero-order valence-electron chi connectivity index (χ0n) is 10.2. The quantitative estimate of drug-likeness (QED) is 0.921. The second kappa shape index (κ2) is 5.64. The summed E-state index contributed by atoms with van der Waals surface area (Å²) in [5.41, 5.74) is 1.59. The van der Waals surface area contributed by atoms with E-state index >= 15 is 0 Å². The number of hydrogen-bond acceptors (Lipinski definition) is 4. The Labute approximate surface area is 110 Å². The highest BCUT2D eigenvalue weighted by Gasteiger charge is 2.15. The van der Waals surface area contributed by atoms with Crippen LogP contribution in [0.5, 0.6) is 5.75 Å². The fourth-order valence-electron chi connectivity index (χ4n) is 1.67. The maximum Gasteiger partial charge on any atom is 0.252 e. The summed E-state index contributed by atoms with van der Waals surface area (Å²) in [4.78, 5) is 15.9. The number of carbonyl (C=O) groups excluding carboxylic acids is 1. The van der Waals surface area contributed by atoms with Crippen LogP contribution in [-0.2, 0) is 0 Å². The lowest BCUT2D eigenvalue weighted by molar-refractivity contribution is 0.0940. The summed E-state index contributed by atoms with van der Waals surface area (Å²) in [5, 5.41) is 6.64. The van der Waals surface area contributed by atoms with Gasteiger partial charge in [0.2, 0.25) is 0 Å². The van der Waals surface area contributed by atoms with Crippen molar-refractivity contribution >= 4 is 17.2 Å². The lowest BCUT2D eigenvalue weighted by atomic mass is 10.1. The van der Waals surface area contributed by atoms with Crippen LogP contribution in [0.2, 0.25) is 0 Å². The van der Waals surface area contributed by atoms with Crippen LogP contribution in [0, 0.1) is 0 Å². The first-order valence-electron chi connectivity index (χ1n) is 5.53.